The summed E-state index contributed by atoms with van der Waals surface area (Å²) < 4.78 is 0. The van der Waals surface area contributed by atoms with Crippen LogP contribution in [0.1, 0.15) is 27.2 Å². The van der Waals surface area contributed by atoms with E-state index in [0.29, 0.717) is 18.5 Å². The minimum absolute atomic E-state index is 0.197. The van der Waals surface area contributed by atoms with E-state index in [2.05, 4.69) is 11.9 Å². The molecule has 0 aromatic heterocycles. The number of hydrogen-bond donors (Lipinski definition) is 4. The molecule has 0 rings (SSSR count). The Balaban J connectivity index is 0. The first-order valence-corrected chi connectivity index (χ1v) is 5.24. The predicted molar refractivity (Wildman–Crippen MR) is 63.4 cm³/mol. The van der Waals surface area contributed by atoms with Gasteiger partial charge in [-0.25, -0.2) is 4.79 Å². The van der Waals surface area contributed by atoms with E-state index < -0.39 is 18.2 Å². The van der Waals surface area contributed by atoms with E-state index in [9.17, 15) is 9.59 Å². The second-order valence-electron chi connectivity index (χ2n) is 3.57. The van der Waals surface area contributed by atoms with Gasteiger partial charge in [0.2, 0.25) is 5.91 Å². The molecule has 2 atom stereocenters. The number of amides is 1. The molecule has 0 fully saturated rings. The van der Waals surface area contributed by atoms with Crippen LogP contribution < -0.4 is 5.32 Å². The van der Waals surface area contributed by atoms with E-state index in [1.54, 1.807) is 6.92 Å². The summed E-state index contributed by atoms with van der Waals surface area (Å²) in [4.78, 5) is 20.3. The van der Waals surface area contributed by atoms with Crippen molar-refractivity contribution in [1.29, 1.82) is 0 Å². The number of hydrogen-bond acceptors (Lipinski definition) is 4. The van der Waals surface area contributed by atoms with Crippen LogP contribution in [-0.2, 0) is 9.59 Å². The predicted octanol–water partition coefficient (Wildman–Crippen LogP) is -0.0986. The maximum Gasteiger partial charge on any atom is 0.332 e. The van der Waals surface area contributed by atoms with Crippen molar-refractivity contribution in [1.82, 2.24) is 5.32 Å². The molecule has 0 aliphatic heterocycles. The molecule has 4 N–H and O–H groups in total. The summed E-state index contributed by atoms with van der Waals surface area (Å²) in [7, 11) is 0. The third-order valence-electron chi connectivity index (χ3n) is 1.71. The molecule has 6 heteroatoms. The SMILES string of the molecule is C=C(C)C(=O)NCC(O)CC.CC(O)C(=O)O. The van der Waals surface area contributed by atoms with Gasteiger partial charge in [-0.2, -0.15) is 0 Å². The molecule has 0 bridgehead atoms. The second kappa shape index (κ2) is 9.80. The lowest BCUT2D eigenvalue weighted by Crippen LogP contribution is -2.31. The summed E-state index contributed by atoms with van der Waals surface area (Å²) in [6.07, 6.45) is -1.03. The fourth-order valence-corrected chi connectivity index (χ4v) is 0.506. The lowest BCUT2D eigenvalue weighted by atomic mass is 10.2. The molecule has 1 amide bonds. The largest absolute Gasteiger partial charge is 0.479 e. The lowest BCUT2D eigenvalue weighted by molar-refractivity contribution is -0.145. The van der Waals surface area contributed by atoms with Crippen LogP contribution in [-0.4, -0.2) is 45.9 Å². The zero-order valence-corrected chi connectivity index (χ0v) is 10.4. The first kappa shape index (κ1) is 18.0. The Morgan fingerprint density at radius 2 is 1.76 bits per heavy atom. The molecule has 6 nitrogen and oxygen atoms in total. The number of carbonyl (C=O) groups excluding carboxylic acids is 1. The van der Waals surface area contributed by atoms with Crippen molar-refractivity contribution in [2.45, 2.75) is 39.4 Å². The number of aliphatic hydroxyl groups is 2. The Hall–Kier alpha value is -1.40. The average Bonchev–Trinajstić information content (AvgIpc) is 2.25. The normalized spacial score (nSPS) is 12.8. The van der Waals surface area contributed by atoms with E-state index in [1.165, 1.54) is 6.92 Å². The molecule has 2 unspecified atom stereocenters. The number of carboxylic acid groups (broad SMARTS) is 1. The van der Waals surface area contributed by atoms with E-state index in [4.69, 9.17) is 15.3 Å². The lowest BCUT2D eigenvalue weighted by Gasteiger charge is -2.08. The Morgan fingerprint density at radius 1 is 1.35 bits per heavy atom. The maximum atomic E-state index is 10.8. The molecule has 100 valence electrons. The highest BCUT2D eigenvalue weighted by Gasteiger charge is 2.04. The Labute approximate surface area is 101 Å². The highest BCUT2D eigenvalue weighted by atomic mass is 16.4. The molecular weight excluding hydrogens is 226 g/mol. The first-order chi connectivity index (χ1) is 7.72. The summed E-state index contributed by atoms with van der Waals surface area (Å²) in [5.74, 6) is -1.38. The molecule has 17 heavy (non-hydrogen) atoms. The zero-order valence-electron chi connectivity index (χ0n) is 10.4. The van der Waals surface area contributed by atoms with Gasteiger partial charge >= 0.3 is 5.97 Å². The molecule has 0 aromatic rings. The quantitative estimate of drug-likeness (QED) is 0.508. The van der Waals surface area contributed by atoms with Crippen molar-refractivity contribution in [3.8, 4) is 0 Å². The van der Waals surface area contributed by atoms with Gasteiger partial charge in [-0.1, -0.05) is 13.5 Å². The molecule has 0 aliphatic rings. The van der Waals surface area contributed by atoms with Crippen molar-refractivity contribution < 1.29 is 24.9 Å². The molecule has 0 aromatic carbocycles. The van der Waals surface area contributed by atoms with Gasteiger partial charge in [0.1, 0.15) is 6.10 Å². The fourth-order valence-electron chi connectivity index (χ4n) is 0.506. The summed E-state index contributed by atoms with van der Waals surface area (Å²) >= 11 is 0. The van der Waals surface area contributed by atoms with E-state index >= 15 is 0 Å². The summed E-state index contributed by atoms with van der Waals surface area (Å²) in [6.45, 7) is 8.46. The highest BCUT2D eigenvalue weighted by Crippen LogP contribution is 1.89. The highest BCUT2D eigenvalue weighted by molar-refractivity contribution is 5.92. The van der Waals surface area contributed by atoms with Gasteiger partial charge in [0.15, 0.2) is 0 Å². The van der Waals surface area contributed by atoms with Crippen LogP contribution in [0.2, 0.25) is 0 Å². The zero-order chi connectivity index (χ0) is 14.0. The standard InChI is InChI=1S/C8H15NO2.C3H6O3/c1-4-7(10)5-9-8(11)6(2)3;1-2(4)3(5)6/h7,10H,2,4-5H2,1,3H3,(H,9,11);2,4H,1H3,(H,5,6). The molecule has 0 saturated heterocycles. The van der Waals surface area contributed by atoms with Crippen molar-refractivity contribution in [3.63, 3.8) is 0 Å². The molecule has 0 aliphatic carbocycles. The van der Waals surface area contributed by atoms with Crippen molar-refractivity contribution >= 4 is 11.9 Å². The second-order valence-corrected chi connectivity index (χ2v) is 3.57. The molecule has 0 heterocycles. The van der Waals surface area contributed by atoms with Gasteiger partial charge in [0, 0.05) is 12.1 Å². The maximum absolute atomic E-state index is 10.8. The fraction of sp³-hybridized carbons (Fsp3) is 0.636. The number of carbonyl (C=O) groups is 2. The van der Waals surface area contributed by atoms with Gasteiger partial charge in [-0.3, -0.25) is 4.79 Å². The third kappa shape index (κ3) is 12.5. The molecule has 0 radical (unpaired) electrons. The third-order valence-corrected chi connectivity index (χ3v) is 1.71. The minimum atomic E-state index is -1.23. The Morgan fingerprint density at radius 3 is 2.00 bits per heavy atom. The van der Waals surface area contributed by atoms with Crippen LogP contribution in [0.5, 0.6) is 0 Å². The van der Waals surface area contributed by atoms with Gasteiger partial charge in [-0.15, -0.1) is 0 Å². The minimum Gasteiger partial charge on any atom is -0.479 e. The number of nitrogens with one attached hydrogen (secondary N) is 1. The van der Waals surface area contributed by atoms with Crippen molar-refractivity contribution in [3.05, 3.63) is 12.2 Å². The molecular formula is C11H21NO5. The average molecular weight is 247 g/mol. The molecule has 0 spiro atoms. The molecule has 0 saturated carbocycles. The monoisotopic (exact) mass is 247 g/mol. The summed E-state index contributed by atoms with van der Waals surface area (Å²) in [5.41, 5.74) is 0.466. The smallest absolute Gasteiger partial charge is 0.332 e. The van der Waals surface area contributed by atoms with E-state index in [0.717, 1.165) is 0 Å². The topological polar surface area (TPSA) is 107 Å². The summed E-state index contributed by atoms with van der Waals surface area (Å²) in [6, 6.07) is 0. The van der Waals surface area contributed by atoms with Crippen LogP contribution in [0.15, 0.2) is 12.2 Å². The summed E-state index contributed by atoms with van der Waals surface area (Å²) in [5, 5.41) is 27.4. The van der Waals surface area contributed by atoms with Crippen LogP contribution in [0.25, 0.3) is 0 Å². The number of rotatable bonds is 5. The van der Waals surface area contributed by atoms with Crippen LogP contribution in [0.4, 0.5) is 0 Å². The van der Waals surface area contributed by atoms with Crippen LogP contribution in [0.3, 0.4) is 0 Å². The number of carboxylic acids is 1. The van der Waals surface area contributed by atoms with E-state index in [1.807, 2.05) is 6.92 Å². The van der Waals surface area contributed by atoms with Crippen molar-refractivity contribution in [2.75, 3.05) is 6.54 Å². The Kier molecular flexibility index (Phi) is 10.4. The van der Waals surface area contributed by atoms with Crippen LogP contribution >= 0.6 is 0 Å². The van der Waals surface area contributed by atoms with Gasteiger partial charge < -0.3 is 20.6 Å². The number of aliphatic carboxylic acids is 1. The van der Waals surface area contributed by atoms with Gasteiger partial charge in [0.05, 0.1) is 6.10 Å². The Bertz CT molecular complexity index is 263. The van der Waals surface area contributed by atoms with E-state index in [-0.39, 0.29) is 5.91 Å². The van der Waals surface area contributed by atoms with Gasteiger partial charge in [-0.05, 0) is 20.3 Å². The van der Waals surface area contributed by atoms with Gasteiger partial charge in [0.25, 0.3) is 0 Å². The number of aliphatic hydroxyl groups excluding tert-OH is 2. The van der Waals surface area contributed by atoms with Crippen LogP contribution in [0, 0.1) is 0 Å². The first-order valence-electron chi connectivity index (χ1n) is 5.24. The van der Waals surface area contributed by atoms with Crippen molar-refractivity contribution in [2.24, 2.45) is 0 Å².